The molecule has 0 fully saturated rings. The molecule has 18 heavy (non-hydrogen) atoms. The molecule has 1 N–H and O–H groups in total. The molecule has 0 bridgehead atoms. The highest BCUT2D eigenvalue weighted by atomic mass is 14.8. The molecule has 0 aliphatic rings. The minimum Gasteiger partial charge on any atom is -0.388 e. The Bertz CT molecular complexity index is 589. The monoisotopic (exact) mass is 234 g/mol. The molecule has 2 heteroatoms. The van der Waals surface area contributed by atoms with Crippen molar-refractivity contribution in [3.8, 4) is 6.07 Å². The predicted molar refractivity (Wildman–Crippen MR) is 76.1 cm³/mol. The van der Waals surface area contributed by atoms with Gasteiger partial charge in [-0.15, -0.1) is 0 Å². The highest BCUT2D eigenvalue weighted by Gasteiger charge is 1.95. The van der Waals surface area contributed by atoms with Crippen LogP contribution < -0.4 is 5.32 Å². The van der Waals surface area contributed by atoms with Crippen LogP contribution in [-0.2, 0) is 0 Å². The van der Waals surface area contributed by atoms with Crippen molar-refractivity contribution in [2.45, 2.75) is 0 Å². The van der Waals surface area contributed by atoms with Gasteiger partial charge in [0.05, 0.1) is 11.6 Å². The first-order valence-corrected chi connectivity index (χ1v) is 5.78. The van der Waals surface area contributed by atoms with E-state index in [2.05, 4.69) is 23.5 Å². The Balaban J connectivity index is 2.22. The molecule has 0 aliphatic carbocycles. The third-order valence-electron chi connectivity index (χ3n) is 2.73. The summed E-state index contributed by atoms with van der Waals surface area (Å²) >= 11 is 0. The zero-order valence-electron chi connectivity index (χ0n) is 10.2. The second-order valence-corrected chi connectivity index (χ2v) is 3.90. The molecule has 0 radical (unpaired) electrons. The van der Waals surface area contributed by atoms with Crippen LogP contribution in [0, 0.1) is 11.3 Å². The molecule has 0 spiro atoms. The van der Waals surface area contributed by atoms with E-state index >= 15 is 0 Å². The smallest absolute Gasteiger partial charge is 0.0991 e. The van der Waals surface area contributed by atoms with Gasteiger partial charge in [-0.2, -0.15) is 5.26 Å². The third-order valence-corrected chi connectivity index (χ3v) is 2.73. The van der Waals surface area contributed by atoms with Crippen LogP contribution in [0.15, 0.2) is 48.5 Å². The second kappa shape index (κ2) is 5.70. The molecule has 0 saturated heterocycles. The van der Waals surface area contributed by atoms with Crippen LogP contribution in [0.1, 0.15) is 16.7 Å². The molecule has 2 nitrogen and oxygen atoms in total. The first kappa shape index (κ1) is 11.9. The summed E-state index contributed by atoms with van der Waals surface area (Å²) in [5, 5.41) is 11.9. The molecule has 2 aromatic carbocycles. The SMILES string of the molecule is CNc1ccccc1/C=C/c1ccc(C#N)cc1. The summed E-state index contributed by atoms with van der Waals surface area (Å²) in [5.74, 6) is 0. The highest BCUT2D eigenvalue weighted by Crippen LogP contribution is 2.17. The lowest BCUT2D eigenvalue weighted by atomic mass is 10.1. The minimum absolute atomic E-state index is 0.683. The lowest BCUT2D eigenvalue weighted by Gasteiger charge is -2.03. The van der Waals surface area contributed by atoms with Gasteiger partial charge in [-0.25, -0.2) is 0 Å². The second-order valence-electron chi connectivity index (χ2n) is 3.90. The Morgan fingerprint density at radius 1 is 1.00 bits per heavy atom. The first-order chi connectivity index (χ1) is 8.83. The molecule has 2 rings (SSSR count). The van der Waals surface area contributed by atoms with Crippen LogP contribution in [0.2, 0.25) is 0 Å². The Morgan fingerprint density at radius 3 is 2.39 bits per heavy atom. The minimum atomic E-state index is 0.683. The number of hydrogen-bond donors (Lipinski definition) is 1. The van der Waals surface area contributed by atoms with E-state index in [4.69, 9.17) is 5.26 Å². The average Bonchev–Trinajstić information content (AvgIpc) is 2.46. The van der Waals surface area contributed by atoms with Gasteiger partial charge < -0.3 is 5.32 Å². The first-order valence-electron chi connectivity index (χ1n) is 5.78. The fourth-order valence-electron chi connectivity index (χ4n) is 1.72. The van der Waals surface area contributed by atoms with Gasteiger partial charge in [0.25, 0.3) is 0 Å². The summed E-state index contributed by atoms with van der Waals surface area (Å²) < 4.78 is 0. The van der Waals surface area contributed by atoms with E-state index in [9.17, 15) is 0 Å². The maximum Gasteiger partial charge on any atom is 0.0991 e. The van der Waals surface area contributed by atoms with Crippen molar-refractivity contribution in [1.82, 2.24) is 0 Å². The van der Waals surface area contributed by atoms with Crippen molar-refractivity contribution < 1.29 is 0 Å². The number of nitriles is 1. The Labute approximate surface area is 107 Å². The molecule has 2 aromatic rings. The normalized spacial score (nSPS) is 10.2. The lowest BCUT2D eigenvalue weighted by molar-refractivity contribution is 1.48. The number of para-hydroxylation sites is 1. The van der Waals surface area contributed by atoms with Crippen LogP contribution in [0.4, 0.5) is 5.69 Å². The van der Waals surface area contributed by atoms with Crippen LogP contribution in [0.25, 0.3) is 12.2 Å². The van der Waals surface area contributed by atoms with Gasteiger partial charge in [-0.1, -0.05) is 42.5 Å². The van der Waals surface area contributed by atoms with Crippen molar-refractivity contribution in [2.24, 2.45) is 0 Å². The molecule has 0 aromatic heterocycles. The van der Waals surface area contributed by atoms with Crippen molar-refractivity contribution >= 4 is 17.8 Å². The van der Waals surface area contributed by atoms with E-state index in [1.165, 1.54) is 0 Å². The molecule has 0 atom stereocenters. The number of benzene rings is 2. The molecule has 88 valence electrons. The molecule has 0 saturated carbocycles. The summed E-state index contributed by atoms with van der Waals surface area (Å²) in [6, 6.07) is 17.8. The molecule has 0 unspecified atom stereocenters. The summed E-state index contributed by atoms with van der Waals surface area (Å²) in [7, 11) is 1.91. The molecule has 0 amide bonds. The van der Waals surface area contributed by atoms with E-state index in [1.807, 2.05) is 55.6 Å². The quantitative estimate of drug-likeness (QED) is 0.820. The van der Waals surface area contributed by atoms with E-state index in [0.29, 0.717) is 5.56 Å². The molecular weight excluding hydrogens is 220 g/mol. The lowest BCUT2D eigenvalue weighted by Crippen LogP contribution is -1.90. The van der Waals surface area contributed by atoms with Gasteiger partial charge in [-0.05, 0) is 29.3 Å². The summed E-state index contributed by atoms with van der Waals surface area (Å²) in [6.07, 6.45) is 4.10. The van der Waals surface area contributed by atoms with Gasteiger partial charge in [-0.3, -0.25) is 0 Å². The van der Waals surface area contributed by atoms with E-state index < -0.39 is 0 Å². The Kier molecular flexibility index (Phi) is 3.78. The fourth-order valence-corrected chi connectivity index (χ4v) is 1.72. The predicted octanol–water partition coefficient (Wildman–Crippen LogP) is 3.77. The maximum absolute atomic E-state index is 8.73. The number of anilines is 1. The van der Waals surface area contributed by atoms with Crippen LogP contribution >= 0.6 is 0 Å². The van der Waals surface area contributed by atoms with Gasteiger partial charge in [0.2, 0.25) is 0 Å². The number of hydrogen-bond acceptors (Lipinski definition) is 2. The number of nitrogens with zero attached hydrogens (tertiary/aromatic N) is 1. The fraction of sp³-hybridized carbons (Fsp3) is 0.0625. The summed E-state index contributed by atoms with van der Waals surface area (Å²) in [4.78, 5) is 0. The molecular formula is C16H14N2. The van der Waals surface area contributed by atoms with Gasteiger partial charge in [0.1, 0.15) is 0 Å². The third kappa shape index (κ3) is 2.78. The summed E-state index contributed by atoms with van der Waals surface area (Å²) in [6.45, 7) is 0. The van der Waals surface area contributed by atoms with Gasteiger partial charge in [0, 0.05) is 12.7 Å². The topological polar surface area (TPSA) is 35.8 Å². The van der Waals surface area contributed by atoms with Crippen molar-refractivity contribution in [3.63, 3.8) is 0 Å². The zero-order valence-corrected chi connectivity index (χ0v) is 10.2. The summed E-state index contributed by atoms with van der Waals surface area (Å²) in [5.41, 5.74) is 4.01. The van der Waals surface area contributed by atoms with Crippen LogP contribution in [0.3, 0.4) is 0 Å². The van der Waals surface area contributed by atoms with E-state index in [-0.39, 0.29) is 0 Å². The average molecular weight is 234 g/mol. The van der Waals surface area contributed by atoms with Crippen LogP contribution in [0.5, 0.6) is 0 Å². The number of rotatable bonds is 3. The maximum atomic E-state index is 8.73. The van der Waals surface area contributed by atoms with E-state index in [1.54, 1.807) is 0 Å². The highest BCUT2D eigenvalue weighted by molar-refractivity contribution is 5.76. The Hall–Kier alpha value is -2.53. The Morgan fingerprint density at radius 2 is 1.72 bits per heavy atom. The van der Waals surface area contributed by atoms with E-state index in [0.717, 1.165) is 16.8 Å². The van der Waals surface area contributed by atoms with Crippen LogP contribution in [-0.4, -0.2) is 7.05 Å². The van der Waals surface area contributed by atoms with Gasteiger partial charge >= 0.3 is 0 Å². The van der Waals surface area contributed by atoms with Crippen molar-refractivity contribution in [2.75, 3.05) is 12.4 Å². The molecule has 0 heterocycles. The standard InChI is InChI=1S/C16H14N2/c1-18-16-5-3-2-4-15(16)11-10-13-6-8-14(12-17)9-7-13/h2-11,18H,1H3/b11-10+. The van der Waals surface area contributed by atoms with Gasteiger partial charge in [0.15, 0.2) is 0 Å². The van der Waals surface area contributed by atoms with Crippen molar-refractivity contribution in [3.05, 3.63) is 65.2 Å². The largest absolute Gasteiger partial charge is 0.388 e. The molecule has 0 aliphatic heterocycles. The zero-order chi connectivity index (χ0) is 12.8. The number of nitrogens with one attached hydrogen (secondary N) is 1. The van der Waals surface area contributed by atoms with Crippen molar-refractivity contribution in [1.29, 1.82) is 5.26 Å².